The highest BCUT2D eigenvalue weighted by Crippen LogP contribution is 2.27. The normalized spacial score (nSPS) is 10.7. The van der Waals surface area contributed by atoms with E-state index >= 15 is 0 Å². The number of rotatable bonds is 4. The molecule has 0 spiro atoms. The van der Waals surface area contributed by atoms with E-state index in [1.165, 1.54) is 5.56 Å². The van der Waals surface area contributed by atoms with Crippen LogP contribution in [0.1, 0.15) is 21.6 Å². The van der Waals surface area contributed by atoms with Crippen molar-refractivity contribution in [3.05, 3.63) is 108 Å². The van der Waals surface area contributed by atoms with Crippen molar-refractivity contribution in [2.45, 2.75) is 6.92 Å². The summed E-state index contributed by atoms with van der Waals surface area (Å²) in [5.41, 5.74) is 5.02. The highest BCUT2D eigenvalue weighted by Gasteiger charge is 2.20. The Bertz CT molecular complexity index is 1030. The van der Waals surface area contributed by atoms with Gasteiger partial charge in [0.2, 0.25) is 5.78 Å². The van der Waals surface area contributed by atoms with Gasteiger partial charge in [0.1, 0.15) is 5.69 Å². The molecule has 0 unspecified atom stereocenters. The first-order chi connectivity index (χ1) is 12.7. The van der Waals surface area contributed by atoms with Gasteiger partial charge in [-0.25, -0.2) is 4.68 Å². The van der Waals surface area contributed by atoms with E-state index in [0.717, 1.165) is 16.8 Å². The van der Waals surface area contributed by atoms with Crippen molar-refractivity contribution in [1.82, 2.24) is 9.78 Å². The summed E-state index contributed by atoms with van der Waals surface area (Å²) in [4.78, 5) is 13.1. The molecule has 0 aliphatic rings. The summed E-state index contributed by atoms with van der Waals surface area (Å²) in [5.74, 6) is -0.0733. The van der Waals surface area contributed by atoms with Gasteiger partial charge in [0, 0.05) is 17.3 Å². The smallest absolute Gasteiger partial charge is 0.213 e. The molecule has 0 atom stereocenters. The van der Waals surface area contributed by atoms with Gasteiger partial charge in [-0.05, 0) is 24.6 Å². The molecule has 0 amide bonds. The Morgan fingerprint density at radius 2 is 1.42 bits per heavy atom. The largest absolute Gasteiger partial charge is 0.287 e. The number of ketones is 1. The van der Waals surface area contributed by atoms with E-state index in [-0.39, 0.29) is 5.78 Å². The molecule has 0 aliphatic heterocycles. The maximum atomic E-state index is 13.1. The van der Waals surface area contributed by atoms with E-state index in [4.69, 9.17) is 0 Å². The summed E-state index contributed by atoms with van der Waals surface area (Å²) in [6.45, 7) is 2.05. The van der Waals surface area contributed by atoms with Crippen LogP contribution in [0, 0.1) is 6.92 Å². The zero-order valence-electron chi connectivity index (χ0n) is 14.5. The van der Waals surface area contributed by atoms with Crippen LogP contribution in [-0.2, 0) is 0 Å². The van der Waals surface area contributed by atoms with Crippen LogP contribution in [0.2, 0.25) is 0 Å². The zero-order valence-corrected chi connectivity index (χ0v) is 14.5. The lowest BCUT2D eigenvalue weighted by Gasteiger charge is -2.03. The molecule has 3 heteroatoms. The highest BCUT2D eigenvalue weighted by atomic mass is 16.1. The SMILES string of the molecule is Cc1ccc(-c2cn(-c3ccccc3)nc2C(=O)c2ccccc2)cc1. The van der Waals surface area contributed by atoms with Gasteiger partial charge in [-0.15, -0.1) is 0 Å². The minimum atomic E-state index is -0.0733. The lowest BCUT2D eigenvalue weighted by atomic mass is 10.00. The van der Waals surface area contributed by atoms with Crippen LogP contribution in [0.4, 0.5) is 0 Å². The molecule has 3 aromatic carbocycles. The molecule has 0 bridgehead atoms. The van der Waals surface area contributed by atoms with Crippen LogP contribution in [0.15, 0.2) is 91.1 Å². The number of hydrogen-bond donors (Lipinski definition) is 0. The average Bonchev–Trinajstić information content (AvgIpc) is 3.15. The number of hydrogen-bond acceptors (Lipinski definition) is 2. The third-order valence-electron chi connectivity index (χ3n) is 4.35. The molecule has 0 saturated carbocycles. The summed E-state index contributed by atoms with van der Waals surface area (Å²) in [6, 6.07) is 27.3. The van der Waals surface area contributed by atoms with Crippen LogP contribution in [0.3, 0.4) is 0 Å². The predicted molar refractivity (Wildman–Crippen MR) is 104 cm³/mol. The molecule has 1 aromatic heterocycles. The van der Waals surface area contributed by atoms with E-state index in [0.29, 0.717) is 11.3 Å². The molecule has 0 N–H and O–H groups in total. The first-order valence-corrected chi connectivity index (χ1v) is 8.54. The Balaban J connectivity index is 1.87. The number of carbonyl (C=O) groups excluding carboxylic acids is 1. The van der Waals surface area contributed by atoms with E-state index in [9.17, 15) is 4.79 Å². The summed E-state index contributed by atoms with van der Waals surface area (Å²) < 4.78 is 1.77. The van der Waals surface area contributed by atoms with Crippen molar-refractivity contribution < 1.29 is 4.79 Å². The zero-order chi connectivity index (χ0) is 17.9. The molecule has 3 nitrogen and oxygen atoms in total. The van der Waals surface area contributed by atoms with Crippen molar-refractivity contribution in [1.29, 1.82) is 0 Å². The Labute approximate surface area is 152 Å². The number of carbonyl (C=O) groups is 1. The second-order valence-corrected chi connectivity index (χ2v) is 6.23. The van der Waals surface area contributed by atoms with Crippen molar-refractivity contribution in [3.63, 3.8) is 0 Å². The molecule has 4 rings (SSSR count). The van der Waals surface area contributed by atoms with Crippen LogP contribution in [0.25, 0.3) is 16.8 Å². The number of benzene rings is 3. The highest BCUT2D eigenvalue weighted by molar-refractivity contribution is 6.11. The van der Waals surface area contributed by atoms with E-state index in [1.54, 1.807) is 4.68 Å². The molecular weight excluding hydrogens is 320 g/mol. The summed E-state index contributed by atoms with van der Waals surface area (Å²) in [7, 11) is 0. The van der Waals surface area contributed by atoms with Crippen molar-refractivity contribution in [3.8, 4) is 16.8 Å². The third-order valence-corrected chi connectivity index (χ3v) is 4.35. The van der Waals surface area contributed by atoms with Crippen LogP contribution < -0.4 is 0 Å². The second kappa shape index (κ2) is 6.81. The topological polar surface area (TPSA) is 34.9 Å². The fraction of sp³-hybridized carbons (Fsp3) is 0.0435. The number of aromatic nitrogens is 2. The molecular formula is C23H18N2O. The first kappa shape index (κ1) is 16.0. The molecule has 0 fully saturated rings. The number of para-hydroxylation sites is 1. The molecule has 0 saturated heterocycles. The Kier molecular flexibility index (Phi) is 4.20. The fourth-order valence-electron chi connectivity index (χ4n) is 2.93. The third kappa shape index (κ3) is 3.07. The monoisotopic (exact) mass is 338 g/mol. The molecule has 0 radical (unpaired) electrons. The van der Waals surface area contributed by atoms with Gasteiger partial charge in [0.15, 0.2) is 0 Å². The van der Waals surface area contributed by atoms with Gasteiger partial charge < -0.3 is 0 Å². The minimum absolute atomic E-state index is 0.0733. The minimum Gasteiger partial charge on any atom is -0.287 e. The summed E-state index contributed by atoms with van der Waals surface area (Å²) in [6.07, 6.45) is 1.93. The Morgan fingerprint density at radius 1 is 0.808 bits per heavy atom. The summed E-state index contributed by atoms with van der Waals surface area (Å²) in [5, 5.41) is 4.62. The molecule has 4 aromatic rings. The van der Waals surface area contributed by atoms with Crippen LogP contribution in [-0.4, -0.2) is 15.6 Å². The van der Waals surface area contributed by atoms with Crippen LogP contribution in [0.5, 0.6) is 0 Å². The van der Waals surface area contributed by atoms with Gasteiger partial charge >= 0.3 is 0 Å². The van der Waals surface area contributed by atoms with E-state index < -0.39 is 0 Å². The Morgan fingerprint density at radius 3 is 2.08 bits per heavy atom. The standard InChI is InChI=1S/C23H18N2O/c1-17-12-14-18(15-13-17)21-16-25(20-10-6-3-7-11-20)24-22(21)23(26)19-8-4-2-5-9-19/h2-16H,1H3. The lowest BCUT2D eigenvalue weighted by molar-refractivity contribution is 0.103. The Hall–Kier alpha value is -3.46. The first-order valence-electron chi connectivity index (χ1n) is 8.54. The maximum absolute atomic E-state index is 13.1. The van der Waals surface area contributed by atoms with E-state index in [2.05, 4.69) is 5.10 Å². The van der Waals surface area contributed by atoms with Crippen LogP contribution >= 0.6 is 0 Å². The quantitative estimate of drug-likeness (QED) is 0.486. The van der Waals surface area contributed by atoms with Gasteiger partial charge in [-0.2, -0.15) is 5.10 Å². The molecule has 26 heavy (non-hydrogen) atoms. The fourth-order valence-corrected chi connectivity index (χ4v) is 2.93. The molecule has 1 heterocycles. The second-order valence-electron chi connectivity index (χ2n) is 6.23. The lowest BCUT2D eigenvalue weighted by Crippen LogP contribution is -2.05. The van der Waals surface area contributed by atoms with Gasteiger partial charge in [0.05, 0.1) is 5.69 Å². The van der Waals surface area contributed by atoms with Gasteiger partial charge in [-0.1, -0.05) is 78.4 Å². The maximum Gasteiger partial charge on any atom is 0.213 e. The van der Waals surface area contributed by atoms with E-state index in [1.807, 2.05) is 98.0 Å². The van der Waals surface area contributed by atoms with Crippen molar-refractivity contribution >= 4 is 5.78 Å². The van der Waals surface area contributed by atoms with Crippen molar-refractivity contribution in [2.75, 3.05) is 0 Å². The number of aryl methyl sites for hydroxylation is 1. The van der Waals surface area contributed by atoms with Crippen molar-refractivity contribution in [2.24, 2.45) is 0 Å². The number of nitrogens with zero attached hydrogens (tertiary/aromatic N) is 2. The van der Waals surface area contributed by atoms with Gasteiger partial charge in [-0.3, -0.25) is 4.79 Å². The summed E-state index contributed by atoms with van der Waals surface area (Å²) >= 11 is 0. The molecule has 0 aliphatic carbocycles. The predicted octanol–water partition coefficient (Wildman–Crippen LogP) is 5.08. The van der Waals surface area contributed by atoms with Gasteiger partial charge in [0.25, 0.3) is 0 Å². The molecule has 126 valence electrons. The average molecular weight is 338 g/mol.